The molecule has 2 saturated carbocycles. The van der Waals surface area contributed by atoms with Crippen molar-refractivity contribution in [2.45, 2.75) is 51.0 Å². The molecule has 2 aromatic carbocycles. The first-order valence-corrected chi connectivity index (χ1v) is 12.5. The Morgan fingerprint density at radius 1 is 1.03 bits per heavy atom. The molecule has 2 fully saturated rings. The largest absolute Gasteiger partial charge is 0.481 e. The predicted molar refractivity (Wildman–Crippen MR) is 131 cm³/mol. The molecule has 0 aromatic heterocycles. The van der Waals surface area contributed by atoms with Crippen LogP contribution in [0.1, 0.15) is 56.1 Å². The first-order chi connectivity index (χ1) is 16.9. The van der Waals surface area contributed by atoms with Crippen LogP contribution in [0.3, 0.4) is 0 Å². The highest BCUT2D eigenvalue weighted by atomic mass is 16.5. The van der Waals surface area contributed by atoms with Crippen molar-refractivity contribution in [3.8, 4) is 11.1 Å². The summed E-state index contributed by atoms with van der Waals surface area (Å²) in [5.74, 6) is -1.31. The fourth-order valence-electron chi connectivity index (χ4n) is 5.82. The van der Waals surface area contributed by atoms with Crippen molar-refractivity contribution in [2.75, 3.05) is 13.2 Å². The second-order valence-corrected chi connectivity index (χ2v) is 10.3. The van der Waals surface area contributed by atoms with Crippen LogP contribution in [0, 0.1) is 17.3 Å². The smallest absolute Gasteiger partial charge is 0.407 e. The third-order valence-electron chi connectivity index (χ3n) is 8.13. The lowest BCUT2D eigenvalue weighted by atomic mass is 9.71. The third-order valence-corrected chi connectivity index (χ3v) is 8.13. The van der Waals surface area contributed by atoms with Crippen molar-refractivity contribution >= 4 is 18.0 Å². The van der Waals surface area contributed by atoms with Crippen molar-refractivity contribution in [2.24, 2.45) is 17.3 Å². The Kier molecular flexibility index (Phi) is 6.26. The fourth-order valence-corrected chi connectivity index (χ4v) is 5.82. The van der Waals surface area contributed by atoms with Crippen LogP contribution in [0.25, 0.3) is 11.1 Å². The Balaban J connectivity index is 1.20. The number of benzene rings is 2. The summed E-state index contributed by atoms with van der Waals surface area (Å²) in [6, 6.07) is 16.1. The zero-order valence-corrected chi connectivity index (χ0v) is 20.0. The number of carbonyl (C=O) groups excluding carboxylic acids is 2. The van der Waals surface area contributed by atoms with E-state index < -0.39 is 17.5 Å². The number of aliphatic carboxylic acids is 1. The number of ether oxygens (including phenoxy) is 1. The highest BCUT2D eigenvalue weighted by Crippen LogP contribution is 2.44. The number of amides is 2. The van der Waals surface area contributed by atoms with Gasteiger partial charge >= 0.3 is 12.1 Å². The van der Waals surface area contributed by atoms with E-state index in [2.05, 4.69) is 34.9 Å². The number of carboxylic acids is 1. The van der Waals surface area contributed by atoms with Crippen molar-refractivity contribution in [1.82, 2.24) is 10.6 Å². The van der Waals surface area contributed by atoms with Crippen LogP contribution < -0.4 is 10.6 Å². The van der Waals surface area contributed by atoms with Crippen LogP contribution in [0.15, 0.2) is 48.5 Å². The van der Waals surface area contributed by atoms with E-state index in [0.717, 1.165) is 24.0 Å². The molecule has 7 nitrogen and oxygen atoms in total. The molecule has 0 radical (unpaired) electrons. The van der Waals surface area contributed by atoms with Gasteiger partial charge in [-0.1, -0.05) is 61.4 Å². The van der Waals surface area contributed by atoms with Gasteiger partial charge in [0.1, 0.15) is 6.61 Å². The van der Waals surface area contributed by atoms with E-state index in [1.807, 2.05) is 31.2 Å². The molecular formula is C28H32N2O5. The quantitative estimate of drug-likeness (QED) is 0.552. The number of carboxylic acid groups (broad SMARTS) is 1. The number of alkyl carbamates (subject to hydrolysis) is 1. The maximum Gasteiger partial charge on any atom is 0.407 e. The number of fused-ring (bicyclic) bond motifs is 3. The SMILES string of the molecule is CC1(C(=O)NCC2CC2C(=O)O)CCCCC1NC(=O)OCC1c2ccccc2-c2ccccc21. The Morgan fingerprint density at radius 2 is 1.69 bits per heavy atom. The summed E-state index contributed by atoms with van der Waals surface area (Å²) in [6.07, 6.45) is 3.31. The van der Waals surface area contributed by atoms with Crippen LogP contribution >= 0.6 is 0 Å². The highest BCUT2D eigenvalue weighted by Gasteiger charge is 2.47. The predicted octanol–water partition coefficient (Wildman–Crippen LogP) is 4.31. The number of nitrogens with one attached hydrogen (secondary N) is 2. The van der Waals surface area contributed by atoms with Gasteiger partial charge in [0.25, 0.3) is 0 Å². The molecule has 0 aliphatic heterocycles. The summed E-state index contributed by atoms with van der Waals surface area (Å²) in [4.78, 5) is 37.1. The lowest BCUT2D eigenvalue weighted by Gasteiger charge is -2.40. The first-order valence-electron chi connectivity index (χ1n) is 12.5. The Bertz CT molecular complexity index is 1100. The maximum absolute atomic E-state index is 13.1. The van der Waals surface area contributed by atoms with Crippen LogP contribution in [0.4, 0.5) is 4.79 Å². The second-order valence-electron chi connectivity index (χ2n) is 10.3. The van der Waals surface area contributed by atoms with Crippen LogP contribution in [-0.2, 0) is 14.3 Å². The van der Waals surface area contributed by atoms with Crippen molar-refractivity contribution in [3.05, 3.63) is 59.7 Å². The zero-order valence-electron chi connectivity index (χ0n) is 20.0. The maximum atomic E-state index is 13.1. The van der Waals surface area contributed by atoms with Crippen LogP contribution in [-0.4, -0.2) is 42.3 Å². The summed E-state index contributed by atoms with van der Waals surface area (Å²) < 4.78 is 5.72. The molecule has 184 valence electrons. The van der Waals surface area contributed by atoms with Gasteiger partial charge in [0.2, 0.25) is 5.91 Å². The Hall–Kier alpha value is -3.35. The van der Waals surface area contributed by atoms with E-state index in [4.69, 9.17) is 9.84 Å². The Labute approximate surface area is 205 Å². The zero-order chi connectivity index (χ0) is 24.6. The average molecular weight is 477 g/mol. The molecule has 35 heavy (non-hydrogen) atoms. The summed E-state index contributed by atoms with van der Waals surface area (Å²) >= 11 is 0. The van der Waals surface area contributed by atoms with E-state index in [1.165, 1.54) is 11.1 Å². The van der Waals surface area contributed by atoms with E-state index in [0.29, 0.717) is 25.8 Å². The molecule has 3 N–H and O–H groups in total. The van der Waals surface area contributed by atoms with E-state index in [9.17, 15) is 14.4 Å². The Morgan fingerprint density at radius 3 is 2.31 bits per heavy atom. The standard InChI is InChI=1S/C28H32N2O5/c1-28(26(33)29-15-17-14-22(17)25(31)32)13-7-6-12-24(28)30-27(34)35-16-23-20-10-4-2-8-18(20)19-9-3-5-11-21(19)23/h2-5,8-11,17,22-24H,6-7,12-16H2,1H3,(H,29,33)(H,30,34)(H,31,32). The number of hydrogen-bond acceptors (Lipinski definition) is 4. The minimum atomic E-state index is -0.803. The van der Waals surface area contributed by atoms with Crippen molar-refractivity contribution in [1.29, 1.82) is 0 Å². The summed E-state index contributed by atoms with van der Waals surface area (Å²) in [6.45, 7) is 2.48. The molecule has 4 atom stereocenters. The van der Waals surface area contributed by atoms with Gasteiger partial charge in [0.15, 0.2) is 0 Å². The monoisotopic (exact) mass is 476 g/mol. The van der Waals surface area contributed by atoms with Gasteiger partial charge in [-0.05, 0) is 54.4 Å². The summed E-state index contributed by atoms with van der Waals surface area (Å²) in [7, 11) is 0. The van der Waals surface area contributed by atoms with Gasteiger partial charge < -0.3 is 20.5 Å². The lowest BCUT2D eigenvalue weighted by molar-refractivity contribution is -0.139. The van der Waals surface area contributed by atoms with Gasteiger partial charge in [-0.3, -0.25) is 9.59 Å². The molecule has 4 unspecified atom stereocenters. The first kappa shape index (κ1) is 23.4. The normalized spacial score (nSPS) is 26.8. The summed E-state index contributed by atoms with van der Waals surface area (Å²) in [5.41, 5.74) is 3.91. The number of hydrogen-bond donors (Lipinski definition) is 3. The van der Waals surface area contributed by atoms with Gasteiger partial charge in [-0.25, -0.2) is 4.79 Å². The average Bonchev–Trinajstić information content (AvgIpc) is 3.58. The van der Waals surface area contributed by atoms with Crippen molar-refractivity contribution in [3.63, 3.8) is 0 Å². The van der Waals surface area contributed by atoms with E-state index in [-0.39, 0.29) is 36.3 Å². The highest BCUT2D eigenvalue weighted by molar-refractivity contribution is 5.84. The minimum absolute atomic E-state index is 0.00261. The van der Waals surface area contributed by atoms with Crippen LogP contribution in [0.5, 0.6) is 0 Å². The molecule has 0 saturated heterocycles. The molecule has 3 aliphatic rings. The van der Waals surface area contributed by atoms with Gasteiger partial charge in [-0.15, -0.1) is 0 Å². The minimum Gasteiger partial charge on any atom is -0.481 e. The molecule has 5 rings (SSSR count). The molecule has 7 heteroatoms. The molecule has 2 aromatic rings. The number of rotatable bonds is 7. The number of carbonyl (C=O) groups is 3. The molecule has 0 spiro atoms. The fraction of sp³-hybridized carbons (Fsp3) is 0.464. The molecule has 0 heterocycles. The van der Waals surface area contributed by atoms with Gasteiger partial charge in [0, 0.05) is 18.5 Å². The molecular weight excluding hydrogens is 444 g/mol. The van der Waals surface area contributed by atoms with Gasteiger partial charge in [0.05, 0.1) is 11.3 Å². The lowest BCUT2D eigenvalue weighted by Crippen LogP contribution is -2.56. The van der Waals surface area contributed by atoms with Crippen molar-refractivity contribution < 1.29 is 24.2 Å². The molecule has 2 amide bonds. The van der Waals surface area contributed by atoms with E-state index >= 15 is 0 Å². The second kappa shape index (κ2) is 9.36. The van der Waals surface area contributed by atoms with E-state index in [1.54, 1.807) is 0 Å². The molecule has 3 aliphatic carbocycles. The molecule has 0 bridgehead atoms. The van der Waals surface area contributed by atoms with Crippen LogP contribution in [0.2, 0.25) is 0 Å². The summed E-state index contributed by atoms with van der Waals surface area (Å²) in [5, 5.41) is 15.0. The van der Waals surface area contributed by atoms with Gasteiger partial charge in [-0.2, -0.15) is 0 Å². The third kappa shape index (κ3) is 4.51. The topological polar surface area (TPSA) is 105 Å².